The number of aromatic amines is 1. The fourth-order valence-electron chi connectivity index (χ4n) is 1.87. The van der Waals surface area contributed by atoms with Gasteiger partial charge in [0.2, 0.25) is 0 Å². The van der Waals surface area contributed by atoms with Gasteiger partial charge in [0, 0.05) is 17.3 Å². The number of benzene rings is 1. The Labute approximate surface area is 101 Å². The van der Waals surface area contributed by atoms with Gasteiger partial charge in [0.15, 0.2) is 5.65 Å². The van der Waals surface area contributed by atoms with Crippen molar-refractivity contribution in [3.05, 3.63) is 52.3 Å². The molecule has 3 aromatic rings. The van der Waals surface area contributed by atoms with E-state index in [1.807, 2.05) is 0 Å². The van der Waals surface area contributed by atoms with Crippen molar-refractivity contribution >= 4 is 5.65 Å². The maximum absolute atomic E-state index is 13.2. The minimum atomic E-state index is -0.392. The van der Waals surface area contributed by atoms with E-state index in [0.29, 0.717) is 22.7 Å². The Kier molecular flexibility index (Phi) is 2.22. The second kappa shape index (κ2) is 3.76. The molecule has 0 aliphatic carbocycles. The van der Waals surface area contributed by atoms with Crippen LogP contribution in [0, 0.1) is 12.7 Å². The first kappa shape index (κ1) is 10.6. The van der Waals surface area contributed by atoms with Crippen LogP contribution in [-0.4, -0.2) is 19.6 Å². The lowest BCUT2D eigenvalue weighted by Crippen LogP contribution is -2.13. The highest BCUT2D eigenvalue weighted by atomic mass is 19.1. The number of hydrogen-bond acceptors (Lipinski definition) is 3. The first-order valence-corrected chi connectivity index (χ1v) is 5.36. The lowest BCUT2D eigenvalue weighted by molar-refractivity contribution is 0.628. The molecule has 2 aromatic heterocycles. The third-order valence-electron chi connectivity index (χ3n) is 2.61. The summed E-state index contributed by atoms with van der Waals surface area (Å²) in [7, 11) is 0. The van der Waals surface area contributed by atoms with E-state index in [2.05, 4.69) is 15.2 Å². The molecular weight excluding hydrogens is 235 g/mol. The van der Waals surface area contributed by atoms with Crippen molar-refractivity contribution < 1.29 is 4.39 Å². The van der Waals surface area contributed by atoms with Crippen LogP contribution in [0.15, 0.2) is 35.1 Å². The van der Waals surface area contributed by atoms with Gasteiger partial charge in [-0.15, -0.1) is 0 Å². The van der Waals surface area contributed by atoms with E-state index < -0.39 is 5.69 Å². The van der Waals surface area contributed by atoms with E-state index in [9.17, 15) is 9.18 Å². The molecule has 18 heavy (non-hydrogen) atoms. The van der Waals surface area contributed by atoms with Crippen LogP contribution >= 0.6 is 0 Å². The molecule has 1 N–H and O–H groups in total. The summed E-state index contributed by atoms with van der Waals surface area (Å²) < 4.78 is 14.6. The van der Waals surface area contributed by atoms with Crippen molar-refractivity contribution in [2.45, 2.75) is 6.92 Å². The molecular formula is C12H9FN4O. The zero-order chi connectivity index (χ0) is 12.7. The molecule has 0 saturated carbocycles. The maximum atomic E-state index is 13.2. The molecule has 1 aromatic carbocycles. The quantitative estimate of drug-likeness (QED) is 0.706. The first-order valence-electron chi connectivity index (χ1n) is 5.36. The lowest BCUT2D eigenvalue weighted by Gasteiger charge is -2.04. The normalized spacial score (nSPS) is 11.0. The molecule has 0 fully saturated rings. The Morgan fingerprint density at radius 3 is 2.94 bits per heavy atom. The number of H-pyrrole nitrogens is 1. The van der Waals surface area contributed by atoms with Crippen molar-refractivity contribution in [1.82, 2.24) is 19.6 Å². The van der Waals surface area contributed by atoms with E-state index in [0.717, 1.165) is 0 Å². The van der Waals surface area contributed by atoms with Gasteiger partial charge in [0.25, 0.3) is 0 Å². The van der Waals surface area contributed by atoms with Crippen LogP contribution in [0.2, 0.25) is 0 Å². The lowest BCUT2D eigenvalue weighted by atomic mass is 10.2. The number of aromatic nitrogens is 4. The van der Waals surface area contributed by atoms with Gasteiger partial charge in [-0.25, -0.2) is 23.7 Å². The highest BCUT2D eigenvalue weighted by Crippen LogP contribution is 2.18. The van der Waals surface area contributed by atoms with E-state index >= 15 is 0 Å². The van der Waals surface area contributed by atoms with Gasteiger partial charge in [-0.1, -0.05) is 12.1 Å². The van der Waals surface area contributed by atoms with Crippen molar-refractivity contribution in [3.8, 4) is 11.4 Å². The van der Waals surface area contributed by atoms with Gasteiger partial charge in [0.1, 0.15) is 11.6 Å². The number of aryl methyl sites for hydroxylation is 1. The zero-order valence-electron chi connectivity index (χ0n) is 9.51. The molecule has 5 nitrogen and oxygen atoms in total. The molecule has 0 aliphatic rings. The smallest absolute Gasteiger partial charge is 0.246 e. The monoisotopic (exact) mass is 244 g/mol. The number of fused-ring (bicyclic) bond motifs is 1. The Morgan fingerprint density at radius 1 is 1.33 bits per heavy atom. The largest absolute Gasteiger partial charge is 0.349 e. The highest BCUT2D eigenvalue weighted by molar-refractivity contribution is 5.59. The molecule has 0 saturated heterocycles. The Hall–Kier alpha value is -2.50. The van der Waals surface area contributed by atoms with E-state index in [4.69, 9.17) is 0 Å². The Balaban J connectivity index is 2.41. The number of hydrogen-bond donors (Lipinski definition) is 1. The predicted octanol–water partition coefficient (Wildman–Crippen LogP) is 1.53. The van der Waals surface area contributed by atoms with Crippen LogP contribution in [0.3, 0.4) is 0 Å². The van der Waals surface area contributed by atoms with Crippen LogP contribution in [0.5, 0.6) is 0 Å². The van der Waals surface area contributed by atoms with Crippen LogP contribution in [0.25, 0.3) is 17.0 Å². The van der Waals surface area contributed by atoms with Gasteiger partial charge in [-0.05, 0) is 19.1 Å². The number of nitrogens with one attached hydrogen (secondary N) is 1. The topological polar surface area (TPSA) is 63.0 Å². The summed E-state index contributed by atoms with van der Waals surface area (Å²) >= 11 is 0. The minimum absolute atomic E-state index is 0.375. The summed E-state index contributed by atoms with van der Waals surface area (Å²) in [4.78, 5) is 16.0. The third-order valence-corrected chi connectivity index (χ3v) is 2.61. The standard InChI is InChI=1S/C12H9FN4O/c1-7-5-10-15-16-12(18)17(10)11(14-7)8-3-2-4-9(13)6-8/h2-6H,1H3,(H,16,18). The van der Waals surface area contributed by atoms with Gasteiger partial charge in [-0.2, -0.15) is 5.10 Å². The summed E-state index contributed by atoms with van der Waals surface area (Å²) in [5.74, 6) is 0.00347. The zero-order valence-corrected chi connectivity index (χ0v) is 9.51. The summed E-state index contributed by atoms with van der Waals surface area (Å²) in [6, 6.07) is 7.63. The molecule has 6 heteroatoms. The summed E-state index contributed by atoms with van der Waals surface area (Å²) in [6.45, 7) is 1.79. The molecule has 0 atom stereocenters. The molecule has 0 unspecified atom stereocenters. The van der Waals surface area contributed by atoms with Crippen LogP contribution in [0.4, 0.5) is 4.39 Å². The second-order valence-electron chi connectivity index (χ2n) is 3.95. The molecule has 0 aliphatic heterocycles. The van der Waals surface area contributed by atoms with Crippen LogP contribution in [-0.2, 0) is 0 Å². The predicted molar refractivity (Wildman–Crippen MR) is 63.7 cm³/mol. The summed E-state index contributed by atoms with van der Waals surface area (Å²) in [5, 5.41) is 6.23. The highest BCUT2D eigenvalue weighted by Gasteiger charge is 2.11. The molecule has 2 heterocycles. The SMILES string of the molecule is Cc1cc2n[nH]c(=O)n2c(-c2cccc(F)c2)n1. The fourth-order valence-corrected chi connectivity index (χ4v) is 1.87. The minimum Gasteiger partial charge on any atom is -0.246 e. The van der Waals surface area contributed by atoms with E-state index in [1.165, 1.54) is 16.5 Å². The van der Waals surface area contributed by atoms with Gasteiger partial charge in [-0.3, -0.25) is 0 Å². The fraction of sp³-hybridized carbons (Fsp3) is 0.0833. The average molecular weight is 244 g/mol. The van der Waals surface area contributed by atoms with Crippen molar-refractivity contribution in [1.29, 1.82) is 0 Å². The van der Waals surface area contributed by atoms with Crippen molar-refractivity contribution in [3.63, 3.8) is 0 Å². The third kappa shape index (κ3) is 1.58. The molecule has 0 radical (unpaired) electrons. The van der Waals surface area contributed by atoms with Gasteiger partial charge < -0.3 is 0 Å². The molecule has 0 amide bonds. The summed E-state index contributed by atoms with van der Waals surface area (Å²) in [5.41, 5.74) is 1.32. The molecule has 90 valence electrons. The van der Waals surface area contributed by atoms with Crippen LogP contribution in [0.1, 0.15) is 5.69 Å². The van der Waals surface area contributed by atoms with Crippen molar-refractivity contribution in [2.75, 3.05) is 0 Å². The van der Waals surface area contributed by atoms with Crippen molar-refractivity contribution in [2.24, 2.45) is 0 Å². The van der Waals surface area contributed by atoms with E-state index in [-0.39, 0.29) is 5.82 Å². The molecule has 0 spiro atoms. The maximum Gasteiger partial charge on any atom is 0.349 e. The average Bonchev–Trinajstić information content (AvgIpc) is 2.70. The van der Waals surface area contributed by atoms with Gasteiger partial charge >= 0.3 is 5.69 Å². The number of halogens is 1. The number of nitrogens with zero attached hydrogens (tertiary/aromatic N) is 3. The first-order chi connectivity index (χ1) is 8.65. The van der Waals surface area contributed by atoms with Crippen LogP contribution < -0.4 is 5.69 Å². The number of rotatable bonds is 1. The Bertz CT molecular complexity index is 790. The Morgan fingerprint density at radius 2 is 2.17 bits per heavy atom. The molecule has 3 rings (SSSR count). The second-order valence-corrected chi connectivity index (χ2v) is 3.95. The van der Waals surface area contributed by atoms with Gasteiger partial charge in [0.05, 0.1) is 0 Å². The summed E-state index contributed by atoms with van der Waals surface area (Å²) in [6.07, 6.45) is 0. The molecule has 0 bridgehead atoms. The van der Waals surface area contributed by atoms with E-state index in [1.54, 1.807) is 25.1 Å².